The number of carbonyl (C=O) groups excluding carboxylic acids is 1. The van der Waals surface area contributed by atoms with Gasteiger partial charge >= 0.3 is 0 Å². The van der Waals surface area contributed by atoms with Crippen LogP contribution in [0.5, 0.6) is 5.75 Å². The van der Waals surface area contributed by atoms with Gasteiger partial charge < -0.3 is 10.0 Å². The zero-order valence-corrected chi connectivity index (χ0v) is 17.7. The Morgan fingerprint density at radius 3 is 2.69 bits per heavy atom. The van der Waals surface area contributed by atoms with Crippen LogP contribution >= 0.6 is 24.0 Å². The molecule has 29 heavy (non-hydrogen) atoms. The molecule has 2 aromatic rings. The number of thiocarbonyl (C=S) groups is 1. The van der Waals surface area contributed by atoms with E-state index >= 15 is 0 Å². The predicted molar refractivity (Wildman–Crippen MR) is 122 cm³/mol. The average Bonchev–Trinajstić information content (AvgIpc) is 3.00. The molecular weight excluding hydrogens is 400 g/mol. The molecule has 5 rings (SSSR count). The zero-order chi connectivity index (χ0) is 20.0. The highest BCUT2D eigenvalue weighted by atomic mass is 32.2. The first-order chi connectivity index (χ1) is 14.1. The number of hydrogen-bond donors (Lipinski definition) is 1. The molecule has 0 unspecified atom stereocenters. The van der Waals surface area contributed by atoms with Crippen LogP contribution in [0.4, 0.5) is 5.69 Å². The van der Waals surface area contributed by atoms with E-state index in [-0.39, 0.29) is 5.91 Å². The van der Waals surface area contributed by atoms with Gasteiger partial charge in [-0.15, -0.1) is 0 Å². The number of thioether (sulfide) groups is 1. The minimum Gasteiger partial charge on any atom is -0.507 e. The molecule has 1 fully saturated rings. The molecule has 3 aliphatic rings. The van der Waals surface area contributed by atoms with Crippen molar-refractivity contribution in [3.05, 3.63) is 63.6 Å². The molecule has 3 aliphatic heterocycles. The summed E-state index contributed by atoms with van der Waals surface area (Å²) < 4.78 is 0.565. The van der Waals surface area contributed by atoms with E-state index in [4.69, 9.17) is 12.2 Å². The second-order valence-corrected chi connectivity index (χ2v) is 9.42. The van der Waals surface area contributed by atoms with Crippen LogP contribution in [0.3, 0.4) is 0 Å². The summed E-state index contributed by atoms with van der Waals surface area (Å²) in [6.07, 6.45) is 5.93. The number of hydrogen-bond acceptors (Lipinski definition) is 5. The van der Waals surface area contributed by atoms with Crippen LogP contribution in [0.25, 0.3) is 6.08 Å². The normalized spacial score (nSPS) is 19.8. The lowest BCUT2D eigenvalue weighted by Gasteiger charge is -2.37. The highest BCUT2D eigenvalue weighted by Gasteiger charge is 2.33. The Hall–Kier alpha value is -2.31. The lowest BCUT2D eigenvalue weighted by molar-refractivity contribution is -0.122. The van der Waals surface area contributed by atoms with Crippen LogP contribution in [-0.2, 0) is 24.2 Å². The van der Waals surface area contributed by atoms with Gasteiger partial charge in [0.1, 0.15) is 10.1 Å². The van der Waals surface area contributed by atoms with E-state index in [0.717, 1.165) is 55.5 Å². The molecule has 1 saturated heterocycles. The number of carbonyl (C=O) groups is 1. The summed E-state index contributed by atoms with van der Waals surface area (Å²) in [6.45, 7) is 2.60. The first-order valence-electron chi connectivity index (χ1n) is 10.0. The number of rotatable bonds is 3. The van der Waals surface area contributed by atoms with Gasteiger partial charge in [0, 0.05) is 29.9 Å². The third kappa shape index (κ3) is 3.34. The highest BCUT2D eigenvalue weighted by molar-refractivity contribution is 8.26. The van der Waals surface area contributed by atoms with E-state index in [0.29, 0.717) is 21.5 Å². The first kappa shape index (κ1) is 18.7. The summed E-state index contributed by atoms with van der Waals surface area (Å²) in [5.41, 5.74) is 5.34. The molecule has 1 N–H and O–H groups in total. The minimum absolute atomic E-state index is 0.0868. The molecule has 4 nitrogen and oxygen atoms in total. The van der Waals surface area contributed by atoms with Crippen LogP contribution < -0.4 is 4.90 Å². The van der Waals surface area contributed by atoms with Crippen molar-refractivity contribution in [2.75, 3.05) is 18.0 Å². The van der Waals surface area contributed by atoms with Crippen molar-refractivity contribution < 1.29 is 9.90 Å². The standard InChI is InChI=1S/C23H22N2O2S2/c26-21-17(12-16-8-4-10-24-11-5-9-18(21)20(16)24)13-19-22(27)25(23(28)29-19)14-15-6-2-1-3-7-15/h1-3,6-7,12-13,26H,4-5,8-11,14H2. The smallest absolute Gasteiger partial charge is 0.266 e. The highest BCUT2D eigenvalue weighted by Crippen LogP contribution is 2.43. The van der Waals surface area contributed by atoms with Crippen molar-refractivity contribution in [3.63, 3.8) is 0 Å². The van der Waals surface area contributed by atoms with Crippen LogP contribution in [0.1, 0.15) is 35.1 Å². The largest absolute Gasteiger partial charge is 0.507 e. The van der Waals surface area contributed by atoms with Crippen LogP contribution in [-0.4, -0.2) is 33.3 Å². The number of phenols is 1. The average molecular weight is 423 g/mol. The van der Waals surface area contributed by atoms with Gasteiger partial charge in [-0.3, -0.25) is 9.69 Å². The summed E-state index contributed by atoms with van der Waals surface area (Å²) >= 11 is 6.79. The maximum Gasteiger partial charge on any atom is 0.266 e. The van der Waals surface area contributed by atoms with Crippen molar-refractivity contribution in [2.45, 2.75) is 32.2 Å². The van der Waals surface area contributed by atoms with E-state index in [1.807, 2.05) is 36.4 Å². The fourth-order valence-electron chi connectivity index (χ4n) is 4.52. The van der Waals surface area contributed by atoms with E-state index in [2.05, 4.69) is 11.0 Å². The zero-order valence-electron chi connectivity index (χ0n) is 16.1. The van der Waals surface area contributed by atoms with Crippen LogP contribution in [0, 0.1) is 0 Å². The maximum atomic E-state index is 13.0. The maximum absolute atomic E-state index is 13.0. The molecule has 0 radical (unpaired) electrons. The van der Waals surface area contributed by atoms with Gasteiger partial charge in [-0.1, -0.05) is 54.3 Å². The third-order valence-corrected chi connectivity index (χ3v) is 7.25. The summed E-state index contributed by atoms with van der Waals surface area (Å²) in [6, 6.07) is 11.9. The molecule has 6 heteroatoms. The minimum atomic E-state index is -0.0868. The fourth-order valence-corrected chi connectivity index (χ4v) is 5.77. The quantitative estimate of drug-likeness (QED) is 0.583. The van der Waals surface area contributed by atoms with E-state index in [1.54, 1.807) is 4.90 Å². The lowest BCUT2D eigenvalue weighted by Crippen LogP contribution is -2.34. The Kier molecular flexibility index (Phi) is 4.84. The number of aryl methyl sites for hydroxylation is 1. The first-order valence-corrected chi connectivity index (χ1v) is 11.3. The van der Waals surface area contributed by atoms with Gasteiger partial charge in [0.15, 0.2) is 0 Å². The topological polar surface area (TPSA) is 43.8 Å². The number of anilines is 1. The molecule has 148 valence electrons. The van der Waals surface area contributed by atoms with Crippen LogP contribution in [0.15, 0.2) is 41.3 Å². The molecule has 0 saturated carbocycles. The lowest BCUT2D eigenvalue weighted by atomic mass is 9.89. The monoisotopic (exact) mass is 422 g/mol. The molecule has 0 spiro atoms. The second-order valence-electron chi connectivity index (χ2n) is 7.75. The van der Waals surface area contributed by atoms with Gasteiger partial charge in [0.05, 0.1) is 11.4 Å². The van der Waals surface area contributed by atoms with Gasteiger partial charge in [-0.05, 0) is 49.0 Å². The Labute approximate surface area is 180 Å². The van der Waals surface area contributed by atoms with Gasteiger partial charge in [0.2, 0.25) is 0 Å². The molecule has 3 heterocycles. The molecule has 2 aromatic carbocycles. The van der Waals surface area contributed by atoms with Gasteiger partial charge in [-0.2, -0.15) is 0 Å². The van der Waals surface area contributed by atoms with Crippen molar-refractivity contribution in [2.24, 2.45) is 0 Å². The SMILES string of the molecule is O=C1C(=Cc2cc3c4c(c2O)CCCN4CCC3)SC(=S)N1Cc1ccccc1. The van der Waals surface area contributed by atoms with Gasteiger partial charge in [0.25, 0.3) is 5.91 Å². The Balaban J connectivity index is 1.48. The van der Waals surface area contributed by atoms with E-state index < -0.39 is 0 Å². The second kappa shape index (κ2) is 7.50. The van der Waals surface area contributed by atoms with Crippen molar-refractivity contribution >= 4 is 46.0 Å². The molecule has 0 atom stereocenters. The number of benzene rings is 2. The summed E-state index contributed by atoms with van der Waals surface area (Å²) in [4.78, 5) is 17.6. The molecule has 0 bridgehead atoms. The molecular formula is C23H22N2O2S2. The van der Waals surface area contributed by atoms with Gasteiger partial charge in [-0.25, -0.2) is 0 Å². The Morgan fingerprint density at radius 1 is 1.14 bits per heavy atom. The molecule has 0 aromatic heterocycles. The number of aromatic hydroxyl groups is 1. The number of amides is 1. The summed E-state index contributed by atoms with van der Waals surface area (Å²) in [5, 5.41) is 11.0. The summed E-state index contributed by atoms with van der Waals surface area (Å²) in [7, 11) is 0. The van der Waals surface area contributed by atoms with Crippen molar-refractivity contribution in [1.82, 2.24) is 4.90 Å². The predicted octanol–water partition coefficient (Wildman–Crippen LogP) is 4.49. The van der Waals surface area contributed by atoms with Crippen molar-refractivity contribution in [3.8, 4) is 5.75 Å². The number of nitrogens with zero attached hydrogens (tertiary/aromatic N) is 2. The fraction of sp³-hybridized carbons (Fsp3) is 0.304. The summed E-state index contributed by atoms with van der Waals surface area (Å²) in [5.74, 6) is 0.236. The Morgan fingerprint density at radius 2 is 1.90 bits per heavy atom. The van der Waals surface area contributed by atoms with Crippen LogP contribution in [0.2, 0.25) is 0 Å². The third-order valence-electron chi connectivity index (χ3n) is 5.87. The van der Waals surface area contributed by atoms with E-state index in [9.17, 15) is 9.90 Å². The molecule has 1 amide bonds. The number of phenolic OH excluding ortho intramolecular Hbond substituents is 1. The Bertz CT molecular complexity index is 1030. The van der Waals surface area contributed by atoms with E-state index in [1.165, 1.54) is 23.0 Å². The molecule has 0 aliphatic carbocycles. The van der Waals surface area contributed by atoms with Crippen molar-refractivity contribution in [1.29, 1.82) is 0 Å².